The number of aromatic nitrogens is 2. The van der Waals surface area contributed by atoms with Crippen molar-refractivity contribution in [1.82, 2.24) is 15.1 Å². The highest BCUT2D eigenvalue weighted by Crippen LogP contribution is 2.24. The second-order valence-corrected chi connectivity index (χ2v) is 7.25. The number of aliphatic hydroxyl groups excluding tert-OH is 1. The third-order valence-corrected chi connectivity index (χ3v) is 4.48. The van der Waals surface area contributed by atoms with E-state index in [1.165, 1.54) is 5.56 Å². The number of hydrogen-bond acceptors (Lipinski definition) is 3. The summed E-state index contributed by atoms with van der Waals surface area (Å²) >= 11 is 6.07. The van der Waals surface area contributed by atoms with Gasteiger partial charge in [0, 0.05) is 35.5 Å². The summed E-state index contributed by atoms with van der Waals surface area (Å²) in [5.74, 6) is 0. The SMILES string of the molecule is Cc1c(C(C)NCC(C)(C)CCO)cnn1-c1cccc(Cl)c1. The zero-order valence-electron chi connectivity index (χ0n) is 14.3. The van der Waals surface area contributed by atoms with Gasteiger partial charge in [-0.1, -0.05) is 31.5 Å². The molecule has 0 fully saturated rings. The molecule has 5 heteroatoms. The van der Waals surface area contributed by atoms with Gasteiger partial charge in [-0.3, -0.25) is 0 Å². The smallest absolute Gasteiger partial charge is 0.0663 e. The first-order valence-corrected chi connectivity index (χ1v) is 8.36. The highest BCUT2D eigenvalue weighted by atomic mass is 35.5. The van der Waals surface area contributed by atoms with Gasteiger partial charge in [0.05, 0.1) is 11.9 Å². The van der Waals surface area contributed by atoms with Crippen LogP contribution in [0.2, 0.25) is 5.02 Å². The summed E-state index contributed by atoms with van der Waals surface area (Å²) in [6.07, 6.45) is 2.69. The number of rotatable bonds is 7. The maximum Gasteiger partial charge on any atom is 0.0663 e. The Morgan fingerprint density at radius 2 is 2.13 bits per heavy atom. The molecule has 1 unspecified atom stereocenters. The van der Waals surface area contributed by atoms with Gasteiger partial charge in [-0.25, -0.2) is 4.68 Å². The lowest BCUT2D eigenvalue weighted by Gasteiger charge is -2.26. The normalized spacial score (nSPS) is 13.3. The highest BCUT2D eigenvalue weighted by Gasteiger charge is 2.20. The van der Waals surface area contributed by atoms with E-state index in [0.29, 0.717) is 5.02 Å². The molecule has 126 valence electrons. The van der Waals surface area contributed by atoms with E-state index in [-0.39, 0.29) is 18.1 Å². The minimum Gasteiger partial charge on any atom is -0.396 e. The first-order chi connectivity index (χ1) is 10.8. The lowest BCUT2D eigenvalue weighted by molar-refractivity contribution is 0.203. The average molecular weight is 336 g/mol. The van der Waals surface area contributed by atoms with Crippen molar-refractivity contribution in [2.24, 2.45) is 5.41 Å². The Balaban J connectivity index is 2.12. The molecule has 4 nitrogen and oxygen atoms in total. The number of nitrogens with one attached hydrogen (secondary N) is 1. The van der Waals surface area contributed by atoms with Crippen LogP contribution >= 0.6 is 11.6 Å². The molecule has 1 atom stereocenters. The molecule has 2 aromatic rings. The summed E-state index contributed by atoms with van der Waals surface area (Å²) in [7, 11) is 0. The first-order valence-electron chi connectivity index (χ1n) is 7.99. The quantitative estimate of drug-likeness (QED) is 0.807. The van der Waals surface area contributed by atoms with Crippen molar-refractivity contribution in [3.63, 3.8) is 0 Å². The molecule has 1 heterocycles. The van der Waals surface area contributed by atoms with Crippen LogP contribution in [0.25, 0.3) is 5.69 Å². The van der Waals surface area contributed by atoms with Gasteiger partial charge in [0.1, 0.15) is 0 Å². The largest absolute Gasteiger partial charge is 0.396 e. The minimum absolute atomic E-state index is 0.0693. The van der Waals surface area contributed by atoms with E-state index in [4.69, 9.17) is 16.7 Å². The van der Waals surface area contributed by atoms with E-state index in [9.17, 15) is 0 Å². The molecule has 0 aliphatic heterocycles. The Morgan fingerprint density at radius 1 is 1.39 bits per heavy atom. The van der Waals surface area contributed by atoms with Gasteiger partial charge in [0.25, 0.3) is 0 Å². The summed E-state index contributed by atoms with van der Waals surface area (Å²) in [5, 5.41) is 17.9. The van der Waals surface area contributed by atoms with E-state index in [2.05, 4.69) is 38.1 Å². The monoisotopic (exact) mass is 335 g/mol. The summed E-state index contributed by atoms with van der Waals surface area (Å²) in [6, 6.07) is 7.89. The van der Waals surface area contributed by atoms with E-state index < -0.39 is 0 Å². The predicted molar refractivity (Wildman–Crippen MR) is 95.2 cm³/mol. The van der Waals surface area contributed by atoms with Crippen molar-refractivity contribution in [1.29, 1.82) is 0 Å². The molecule has 2 N–H and O–H groups in total. The topological polar surface area (TPSA) is 50.1 Å². The molecule has 0 amide bonds. The second-order valence-electron chi connectivity index (χ2n) is 6.82. The fourth-order valence-corrected chi connectivity index (χ4v) is 2.83. The minimum atomic E-state index is 0.0693. The molecule has 0 spiro atoms. The highest BCUT2D eigenvalue weighted by molar-refractivity contribution is 6.30. The van der Waals surface area contributed by atoms with E-state index >= 15 is 0 Å². The average Bonchev–Trinajstić information content (AvgIpc) is 2.87. The lowest BCUT2D eigenvalue weighted by Crippen LogP contribution is -2.32. The van der Waals surface area contributed by atoms with Crippen molar-refractivity contribution >= 4 is 11.6 Å². The third kappa shape index (κ3) is 4.56. The lowest BCUT2D eigenvalue weighted by atomic mass is 9.89. The van der Waals surface area contributed by atoms with Gasteiger partial charge in [0.2, 0.25) is 0 Å². The molecule has 0 saturated heterocycles. The van der Waals surface area contributed by atoms with E-state index in [1.807, 2.05) is 35.1 Å². The van der Waals surface area contributed by atoms with Crippen molar-refractivity contribution in [2.45, 2.75) is 40.2 Å². The number of hydrogen-bond donors (Lipinski definition) is 2. The van der Waals surface area contributed by atoms with Crippen LogP contribution in [0.3, 0.4) is 0 Å². The van der Waals surface area contributed by atoms with Gasteiger partial charge in [-0.05, 0) is 43.9 Å². The van der Waals surface area contributed by atoms with Crippen LogP contribution in [0.1, 0.15) is 44.5 Å². The molecule has 1 aromatic heterocycles. The number of benzene rings is 1. The Morgan fingerprint density at radius 3 is 2.78 bits per heavy atom. The summed E-state index contributed by atoms with van der Waals surface area (Å²) in [5.41, 5.74) is 3.31. The summed E-state index contributed by atoms with van der Waals surface area (Å²) in [4.78, 5) is 0. The molecule has 0 aliphatic carbocycles. The van der Waals surface area contributed by atoms with Crippen molar-refractivity contribution in [2.75, 3.05) is 13.2 Å². The van der Waals surface area contributed by atoms with E-state index in [1.54, 1.807) is 0 Å². The fourth-order valence-electron chi connectivity index (χ4n) is 2.65. The summed E-state index contributed by atoms with van der Waals surface area (Å²) < 4.78 is 1.91. The number of nitrogens with zero attached hydrogens (tertiary/aromatic N) is 2. The standard InChI is InChI=1S/C18H26ClN3O/c1-13(20-12-18(3,4)8-9-23)17-11-21-22(14(17)2)16-7-5-6-15(19)10-16/h5-7,10-11,13,20,23H,8-9,12H2,1-4H3. The fraction of sp³-hybridized carbons (Fsp3) is 0.500. The zero-order valence-corrected chi connectivity index (χ0v) is 15.1. The summed E-state index contributed by atoms with van der Waals surface area (Å²) in [6.45, 7) is 9.59. The van der Waals surface area contributed by atoms with Gasteiger partial charge >= 0.3 is 0 Å². The van der Waals surface area contributed by atoms with Crippen LogP contribution in [0.5, 0.6) is 0 Å². The van der Waals surface area contributed by atoms with Crippen LogP contribution in [0, 0.1) is 12.3 Å². The van der Waals surface area contributed by atoms with Crippen LogP contribution in [0.15, 0.2) is 30.5 Å². The molecular weight excluding hydrogens is 310 g/mol. The van der Waals surface area contributed by atoms with Gasteiger partial charge in [-0.15, -0.1) is 0 Å². The van der Waals surface area contributed by atoms with Crippen LogP contribution < -0.4 is 5.32 Å². The first kappa shape index (κ1) is 18.0. The molecule has 23 heavy (non-hydrogen) atoms. The molecule has 2 rings (SSSR count). The maximum atomic E-state index is 9.13. The van der Waals surface area contributed by atoms with Crippen LogP contribution in [-0.2, 0) is 0 Å². The molecule has 0 saturated carbocycles. The predicted octanol–water partition coefficient (Wildman–Crippen LogP) is 3.89. The van der Waals surface area contributed by atoms with Gasteiger partial charge in [0.15, 0.2) is 0 Å². The molecule has 1 aromatic carbocycles. The Hall–Kier alpha value is -1.36. The Labute approximate surface area is 143 Å². The van der Waals surface area contributed by atoms with Crippen LogP contribution in [0.4, 0.5) is 0 Å². The second kappa shape index (κ2) is 7.47. The molecule has 0 radical (unpaired) electrons. The van der Waals surface area contributed by atoms with Crippen molar-refractivity contribution in [3.05, 3.63) is 46.7 Å². The van der Waals surface area contributed by atoms with Gasteiger partial charge in [-0.2, -0.15) is 5.10 Å². The molecule has 0 aliphatic rings. The van der Waals surface area contributed by atoms with Crippen molar-refractivity contribution in [3.8, 4) is 5.69 Å². The molecular formula is C18H26ClN3O. The van der Waals surface area contributed by atoms with Crippen molar-refractivity contribution < 1.29 is 5.11 Å². The van der Waals surface area contributed by atoms with E-state index in [0.717, 1.165) is 24.3 Å². The third-order valence-electron chi connectivity index (χ3n) is 4.24. The number of halogens is 1. The van der Waals surface area contributed by atoms with Gasteiger partial charge < -0.3 is 10.4 Å². The van der Waals surface area contributed by atoms with Crippen LogP contribution in [-0.4, -0.2) is 28.0 Å². The molecule has 0 bridgehead atoms. The Bertz CT molecular complexity index is 651. The zero-order chi connectivity index (χ0) is 17.0. The Kier molecular flexibility index (Phi) is 5.84. The maximum absolute atomic E-state index is 9.13. The number of aliphatic hydroxyl groups is 1.